The van der Waals surface area contributed by atoms with Crippen molar-refractivity contribution in [3.05, 3.63) is 46.4 Å². The van der Waals surface area contributed by atoms with E-state index in [0.29, 0.717) is 6.54 Å². The molecular formula is C10H11N3O2. The molecule has 15 heavy (non-hydrogen) atoms. The largest absolute Gasteiger partial charge is 0.497 e. The van der Waals surface area contributed by atoms with E-state index in [-0.39, 0.29) is 5.56 Å². The van der Waals surface area contributed by atoms with Gasteiger partial charge in [0, 0.05) is 0 Å². The quantitative estimate of drug-likeness (QED) is 0.799. The van der Waals surface area contributed by atoms with Gasteiger partial charge < -0.3 is 4.74 Å². The molecule has 0 fully saturated rings. The summed E-state index contributed by atoms with van der Waals surface area (Å²) in [7, 11) is 1.62. The molecule has 0 aliphatic carbocycles. The van der Waals surface area contributed by atoms with Crippen molar-refractivity contribution in [2.75, 3.05) is 7.11 Å². The number of hydrogen-bond donors (Lipinski definition) is 1. The van der Waals surface area contributed by atoms with E-state index in [1.54, 1.807) is 7.11 Å². The van der Waals surface area contributed by atoms with Gasteiger partial charge in [0.1, 0.15) is 11.9 Å². The monoisotopic (exact) mass is 205 g/mol. The smallest absolute Gasteiger partial charge is 0.286 e. The van der Waals surface area contributed by atoms with Crippen LogP contribution < -0.4 is 10.3 Å². The second-order valence-electron chi connectivity index (χ2n) is 3.13. The van der Waals surface area contributed by atoms with Crippen molar-refractivity contribution in [2.24, 2.45) is 0 Å². The Kier molecular flexibility index (Phi) is 2.53. The van der Waals surface area contributed by atoms with Gasteiger partial charge in [-0.05, 0) is 17.7 Å². The van der Waals surface area contributed by atoms with Gasteiger partial charge in [0.2, 0.25) is 0 Å². The fourth-order valence-corrected chi connectivity index (χ4v) is 1.30. The van der Waals surface area contributed by atoms with Gasteiger partial charge in [0.05, 0.1) is 13.7 Å². The SMILES string of the molecule is COc1ccc(Cn2[nH]ncc2=O)cc1. The Morgan fingerprint density at radius 1 is 1.40 bits per heavy atom. The summed E-state index contributed by atoms with van der Waals surface area (Å²) < 4.78 is 6.47. The van der Waals surface area contributed by atoms with Gasteiger partial charge in [-0.25, -0.2) is 9.90 Å². The van der Waals surface area contributed by atoms with Crippen molar-refractivity contribution in [1.29, 1.82) is 0 Å². The molecule has 2 aromatic rings. The number of aromatic amines is 1. The summed E-state index contributed by atoms with van der Waals surface area (Å²) in [5.41, 5.74) is 0.882. The van der Waals surface area contributed by atoms with E-state index in [4.69, 9.17) is 4.74 Å². The fourth-order valence-electron chi connectivity index (χ4n) is 1.30. The molecule has 0 amide bonds. The lowest BCUT2D eigenvalue weighted by atomic mass is 10.2. The first-order valence-electron chi connectivity index (χ1n) is 4.53. The normalized spacial score (nSPS) is 10.2. The second-order valence-corrected chi connectivity index (χ2v) is 3.13. The number of nitrogens with zero attached hydrogens (tertiary/aromatic N) is 2. The maximum absolute atomic E-state index is 11.2. The average Bonchev–Trinajstić information content (AvgIpc) is 2.66. The lowest BCUT2D eigenvalue weighted by molar-refractivity contribution is 0.414. The van der Waals surface area contributed by atoms with Crippen LogP contribution in [0.2, 0.25) is 0 Å². The molecule has 0 atom stereocenters. The Balaban J connectivity index is 2.18. The number of benzene rings is 1. The van der Waals surface area contributed by atoms with Crippen molar-refractivity contribution in [3.8, 4) is 5.75 Å². The molecular weight excluding hydrogens is 194 g/mol. The topological polar surface area (TPSA) is 59.9 Å². The summed E-state index contributed by atoms with van der Waals surface area (Å²) in [5, 5.41) is 6.26. The number of methoxy groups -OCH3 is 1. The molecule has 1 heterocycles. The molecule has 1 aromatic heterocycles. The summed E-state index contributed by atoms with van der Waals surface area (Å²) in [4.78, 5) is 11.2. The zero-order chi connectivity index (χ0) is 10.7. The summed E-state index contributed by atoms with van der Waals surface area (Å²) in [6.07, 6.45) is 1.25. The highest BCUT2D eigenvalue weighted by molar-refractivity contribution is 5.27. The van der Waals surface area contributed by atoms with Crippen molar-refractivity contribution < 1.29 is 4.74 Å². The molecule has 5 nitrogen and oxygen atoms in total. The van der Waals surface area contributed by atoms with Crippen LogP contribution in [0.25, 0.3) is 0 Å². The minimum absolute atomic E-state index is 0.134. The Labute approximate surface area is 86.3 Å². The first-order chi connectivity index (χ1) is 7.29. The molecule has 5 heteroatoms. The lowest BCUT2D eigenvalue weighted by Crippen LogP contribution is -2.16. The zero-order valence-corrected chi connectivity index (χ0v) is 8.30. The Morgan fingerprint density at radius 2 is 2.13 bits per heavy atom. The Hall–Kier alpha value is -2.04. The molecule has 0 unspecified atom stereocenters. The third-order valence-corrected chi connectivity index (χ3v) is 2.12. The van der Waals surface area contributed by atoms with E-state index in [1.807, 2.05) is 24.3 Å². The molecule has 0 spiro atoms. The average molecular weight is 205 g/mol. The zero-order valence-electron chi connectivity index (χ0n) is 8.30. The van der Waals surface area contributed by atoms with Gasteiger partial charge in [-0.2, -0.15) is 5.10 Å². The third kappa shape index (κ3) is 2.07. The van der Waals surface area contributed by atoms with Crippen LogP contribution in [0, 0.1) is 0 Å². The van der Waals surface area contributed by atoms with Crippen LogP contribution in [0.1, 0.15) is 5.56 Å². The van der Waals surface area contributed by atoms with Crippen LogP contribution in [-0.2, 0) is 6.54 Å². The number of nitrogens with one attached hydrogen (secondary N) is 1. The fraction of sp³-hybridized carbons (Fsp3) is 0.200. The highest BCUT2D eigenvalue weighted by Gasteiger charge is 1.99. The molecule has 0 saturated heterocycles. The van der Waals surface area contributed by atoms with Crippen LogP contribution >= 0.6 is 0 Å². The maximum atomic E-state index is 11.2. The predicted octanol–water partition coefficient (Wildman–Crippen LogP) is 0.628. The van der Waals surface area contributed by atoms with E-state index < -0.39 is 0 Å². The minimum Gasteiger partial charge on any atom is -0.497 e. The molecule has 0 aliphatic rings. The Morgan fingerprint density at radius 3 is 2.67 bits per heavy atom. The highest BCUT2D eigenvalue weighted by atomic mass is 16.5. The minimum atomic E-state index is -0.134. The molecule has 1 N–H and O–H groups in total. The van der Waals surface area contributed by atoms with Crippen molar-refractivity contribution in [3.63, 3.8) is 0 Å². The van der Waals surface area contributed by atoms with E-state index in [2.05, 4.69) is 10.3 Å². The first kappa shape index (κ1) is 9.51. The third-order valence-electron chi connectivity index (χ3n) is 2.12. The number of rotatable bonds is 3. The van der Waals surface area contributed by atoms with Crippen molar-refractivity contribution in [2.45, 2.75) is 6.54 Å². The van der Waals surface area contributed by atoms with Crippen LogP contribution in [0.4, 0.5) is 0 Å². The van der Waals surface area contributed by atoms with E-state index >= 15 is 0 Å². The predicted molar refractivity (Wildman–Crippen MR) is 54.9 cm³/mol. The van der Waals surface area contributed by atoms with Gasteiger partial charge in [0.15, 0.2) is 0 Å². The lowest BCUT2D eigenvalue weighted by Gasteiger charge is -2.03. The van der Waals surface area contributed by atoms with Gasteiger partial charge >= 0.3 is 0 Å². The molecule has 0 radical (unpaired) electrons. The van der Waals surface area contributed by atoms with Gasteiger partial charge in [-0.15, -0.1) is 0 Å². The van der Waals surface area contributed by atoms with Crippen LogP contribution in [0.3, 0.4) is 0 Å². The van der Waals surface area contributed by atoms with Crippen LogP contribution in [-0.4, -0.2) is 22.1 Å². The van der Waals surface area contributed by atoms with Crippen LogP contribution in [0.15, 0.2) is 35.3 Å². The number of ether oxygens (including phenoxy) is 1. The van der Waals surface area contributed by atoms with E-state index in [9.17, 15) is 4.79 Å². The number of hydrogen-bond acceptors (Lipinski definition) is 3. The second kappa shape index (κ2) is 4.00. The summed E-state index contributed by atoms with van der Waals surface area (Å²) in [5.74, 6) is 0.802. The summed E-state index contributed by atoms with van der Waals surface area (Å²) >= 11 is 0. The molecule has 78 valence electrons. The molecule has 2 rings (SSSR count). The maximum Gasteiger partial charge on any atom is 0.286 e. The van der Waals surface area contributed by atoms with Crippen LogP contribution in [0.5, 0.6) is 5.75 Å². The van der Waals surface area contributed by atoms with Gasteiger partial charge in [-0.1, -0.05) is 12.1 Å². The summed E-state index contributed by atoms with van der Waals surface area (Å²) in [6, 6.07) is 7.53. The van der Waals surface area contributed by atoms with E-state index in [0.717, 1.165) is 11.3 Å². The number of aromatic nitrogens is 3. The van der Waals surface area contributed by atoms with E-state index in [1.165, 1.54) is 10.9 Å². The Bertz CT molecular complexity index is 484. The standard InChI is InChI=1S/C10H11N3O2/c1-15-9-4-2-8(3-5-9)7-13-10(14)6-11-12-13/h2-6,12H,7H2,1H3. The molecule has 0 saturated carbocycles. The van der Waals surface area contributed by atoms with Crippen molar-refractivity contribution >= 4 is 0 Å². The molecule has 0 aliphatic heterocycles. The summed E-state index contributed by atoms with van der Waals surface area (Å²) in [6.45, 7) is 0.489. The van der Waals surface area contributed by atoms with Gasteiger partial charge in [0.25, 0.3) is 5.56 Å². The highest BCUT2D eigenvalue weighted by Crippen LogP contribution is 2.11. The first-order valence-corrected chi connectivity index (χ1v) is 4.53. The molecule has 1 aromatic carbocycles. The number of H-pyrrole nitrogens is 1. The van der Waals surface area contributed by atoms with Gasteiger partial charge in [-0.3, -0.25) is 4.79 Å². The van der Waals surface area contributed by atoms with Crippen molar-refractivity contribution in [1.82, 2.24) is 15.0 Å². The molecule has 0 bridgehead atoms.